The Kier molecular flexibility index (Phi) is 5.46. The van der Waals surface area contributed by atoms with Crippen molar-refractivity contribution >= 4 is 34.8 Å². The van der Waals surface area contributed by atoms with Gasteiger partial charge in [-0.05, 0) is 44.2 Å². The van der Waals surface area contributed by atoms with Gasteiger partial charge in [0.1, 0.15) is 17.8 Å². The number of nitrogen functional groups attached to an aromatic ring is 1. The number of benzene rings is 1. The van der Waals surface area contributed by atoms with Gasteiger partial charge in [0.05, 0.1) is 12.2 Å². The highest BCUT2D eigenvalue weighted by molar-refractivity contribution is 5.91. The number of aryl methyl sites for hydroxylation is 1. The van der Waals surface area contributed by atoms with Gasteiger partial charge in [0.15, 0.2) is 11.6 Å². The monoisotopic (exact) mass is 364 g/mol. The Bertz CT molecular complexity index is 960. The molecule has 27 heavy (non-hydrogen) atoms. The smallest absolute Gasteiger partial charge is 0.338 e. The molecular weight excluding hydrogens is 344 g/mol. The SMILES string of the molecule is CCOC(=O)c1cccc(Nc2ncnc(Nc3cccc(C)n3)c2N)c1. The molecule has 0 saturated carbocycles. The van der Waals surface area contributed by atoms with E-state index in [2.05, 4.69) is 25.6 Å². The lowest BCUT2D eigenvalue weighted by Crippen LogP contribution is -2.07. The van der Waals surface area contributed by atoms with Crippen LogP contribution in [0.15, 0.2) is 48.8 Å². The van der Waals surface area contributed by atoms with Gasteiger partial charge in [-0.2, -0.15) is 0 Å². The average molecular weight is 364 g/mol. The summed E-state index contributed by atoms with van der Waals surface area (Å²) in [7, 11) is 0. The summed E-state index contributed by atoms with van der Waals surface area (Å²) < 4.78 is 5.02. The summed E-state index contributed by atoms with van der Waals surface area (Å²) in [5.74, 6) is 1.11. The Hall–Kier alpha value is -3.68. The summed E-state index contributed by atoms with van der Waals surface area (Å²) in [4.78, 5) is 24.6. The molecule has 0 amide bonds. The molecule has 8 heteroatoms. The molecule has 3 aromatic rings. The third-order valence-corrected chi connectivity index (χ3v) is 3.66. The van der Waals surface area contributed by atoms with E-state index in [-0.39, 0.29) is 5.97 Å². The molecule has 2 aromatic heterocycles. The third-order valence-electron chi connectivity index (χ3n) is 3.66. The normalized spacial score (nSPS) is 10.3. The van der Waals surface area contributed by atoms with Gasteiger partial charge in [-0.3, -0.25) is 0 Å². The summed E-state index contributed by atoms with van der Waals surface area (Å²) in [6.07, 6.45) is 1.39. The Balaban J connectivity index is 1.82. The summed E-state index contributed by atoms with van der Waals surface area (Å²) in [5, 5.41) is 6.19. The zero-order chi connectivity index (χ0) is 19.2. The molecule has 138 valence electrons. The lowest BCUT2D eigenvalue weighted by atomic mass is 10.2. The van der Waals surface area contributed by atoms with Crippen LogP contribution in [-0.4, -0.2) is 27.5 Å². The first-order valence-corrected chi connectivity index (χ1v) is 8.42. The maximum Gasteiger partial charge on any atom is 0.338 e. The molecule has 0 fully saturated rings. The van der Waals surface area contributed by atoms with Crippen molar-refractivity contribution in [1.29, 1.82) is 0 Å². The molecule has 0 aliphatic carbocycles. The van der Waals surface area contributed by atoms with E-state index in [1.807, 2.05) is 25.1 Å². The molecule has 0 aliphatic rings. The Morgan fingerprint density at radius 1 is 1.11 bits per heavy atom. The number of nitrogens with zero attached hydrogens (tertiary/aromatic N) is 3. The van der Waals surface area contributed by atoms with Gasteiger partial charge in [-0.15, -0.1) is 0 Å². The highest BCUT2D eigenvalue weighted by atomic mass is 16.5. The molecule has 0 radical (unpaired) electrons. The van der Waals surface area contributed by atoms with Crippen molar-refractivity contribution < 1.29 is 9.53 Å². The van der Waals surface area contributed by atoms with Crippen LogP contribution in [0, 0.1) is 6.92 Å². The lowest BCUT2D eigenvalue weighted by Gasteiger charge is -2.13. The molecule has 0 saturated heterocycles. The standard InChI is InChI=1S/C19H20N6O2/c1-3-27-19(26)13-7-5-8-14(10-13)24-17-16(20)18(22-11-21-17)25-15-9-4-6-12(2)23-15/h4-11H,3,20H2,1-2H3,(H2,21,22,23,24,25). The van der Waals surface area contributed by atoms with Gasteiger partial charge >= 0.3 is 5.97 Å². The van der Waals surface area contributed by atoms with Crippen LogP contribution in [0.5, 0.6) is 0 Å². The maximum atomic E-state index is 11.9. The Morgan fingerprint density at radius 3 is 2.59 bits per heavy atom. The van der Waals surface area contributed by atoms with Crippen LogP contribution in [0.4, 0.5) is 28.8 Å². The second kappa shape index (κ2) is 8.13. The van der Waals surface area contributed by atoms with Crippen molar-refractivity contribution in [3.05, 3.63) is 60.0 Å². The molecule has 1 aromatic carbocycles. The molecule has 0 aliphatic heterocycles. The van der Waals surface area contributed by atoms with Crippen molar-refractivity contribution in [2.24, 2.45) is 0 Å². The highest BCUT2D eigenvalue weighted by Gasteiger charge is 2.11. The fraction of sp³-hybridized carbons (Fsp3) is 0.158. The minimum Gasteiger partial charge on any atom is -0.462 e. The molecule has 2 heterocycles. The van der Waals surface area contributed by atoms with E-state index >= 15 is 0 Å². The van der Waals surface area contributed by atoms with Gasteiger partial charge in [-0.25, -0.2) is 19.7 Å². The van der Waals surface area contributed by atoms with E-state index in [0.29, 0.717) is 41.0 Å². The summed E-state index contributed by atoms with van der Waals surface area (Å²) in [5.41, 5.74) is 8.50. The van der Waals surface area contributed by atoms with Crippen LogP contribution < -0.4 is 16.4 Å². The molecule has 4 N–H and O–H groups in total. The minimum absolute atomic E-state index is 0.317. The quantitative estimate of drug-likeness (QED) is 0.570. The first-order chi connectivity index (χ1) is 13.1. The molecule has 3 rings (SSSR count). The van der Waals surface area contributed by atoms with Gasteiger partial charge < -0.3 is 21.1 Å². The van der Waals surface area contributed by atoms with Crippen molar-refractivity contribution in [3.8, 4) is 0 Å². The van der Waals surface area contributed by atoms with Crippen LogP contribution in [0.2, 0.25) is 0 Å². The summed E-state index contributed by atoms with van der Waals surface area (Å²) in [6.45, 7) is 3.98. The molecule has 0 atom stereocenters. The third kappa shape index (κ3) is 4.49. The lowest BCUT2D eigenvalue weighted by molar-refractivity contribution is 0.0526. The zero-order valence-corrected chi connectivity index (χ0v) is 15.1. The largest absolute Gasteiger partial charge is 0.462 e. The van der Waals surface area contributed by atoms with Crippen LogP contribution in [-0.2, 0) is 4.74 Å². The average Bonchev–Trinajstić information content (AvgIpc) is 2.65. The predicted octanol–water partition coefficient (Wildman–Crippen LogP) is 3.43. The van der Waals surface area contributed by atoms with E-state index in [0.717, 1.165) is 5.69 Å². The summed E-state index contributed by atoms with van der Waals surface area (Å²) in [6, 6.07) is 12.5. The predicted molar refractivity (Wildman–Crippen MR) is 104 cm³/mol. The van der Waals surface area contributed by atoms with Crippen molar-refractivity contribution in [2.45, 2.75) is 13.8 Å². The topological polar surface area (TPSA) is 115 Å². The van der Waals surface area contributed by atoms with Gasteiger partial charge in [-0.1, -0.05) is 12.1 Å². The number of carbonyl (C=O) groups is 1. The van der Waals surface area contributed by atoms with Crippen molar-refractivity contribution in [2.75, 3.05) is 23.0 Å². The Morgan fingerprint density at radius 2 is 1.85 bits per heavy atom. The number of esters is 1. The molecule has 8 nitrogen and oxygen atoms in total. The van der Waals surface area contributed by atoms with Gasteiger partial charge in [0.2, 0.25) is 0 Å². The molecular formula is C19H20N6O2. The van der Waals surface area contributed by atoms with E-state index in [1.165, 1.54) is 6.33 Å². The van der Waals surface area contributed by atoms with Crippen LogP contribution in [0.3, 0.4) is 0 Å². The van der Waals surface area contributed by atoms with Crippen LogP contribution in [0.25, 0.3) is 0 Å². The number of anilines is 5. The number of ether oxygens (including phenoxy) is 1. The van der Waals surface area contributed by atoms with Gasteiger partial charge in [0.25, 0.3) is 0 Å². The van der Waals surface area contributed by atoms with Gasteiger partial charge in [0, 0.05) is 11.4 Å². The number of nitrogens with two attached hydrogens (primary N) is 1. The van der Waals surface area contributed by atoms with E-state index < -0.39 is 0 Å². The van der Waals surface area contributed by atoms with Crippen molar-refractivity contribution in [3.63, 3.8) is 0 Å². The maximum absolute atomic E-state index is 11.9. The van der Waals surface area contributed by atoms with Crippen LogP contribution >= 0.6 is 0 Å². The van der Waals surface area contributed by atoms with E-state index in [9.17, 15) is 4.79 Å². The van der Waals surface area contributed by atoms with Crippen LogP contribution in [0.1, 0.15) is 23.0 Å². The fourth-order valence-corrected chi connectivity index (χ4v) is 2.40. The van der Waals surface area contributed by atoms with E-state index in [4.69, 9.17) is 10.5 Å². The number of carbonyl (C=O) groups excluding carboxylic acids is 1. The second-order valence-electron chi connectivity index (χ2n) is 5.70. The highest BCUT2D eigenvalue weighted by Crippen LogP contribution is 2.28. The summed E-state index contributed by atoms with van der Waals surface area (Å²) >= 11 is 0. The van der Waals surface area contributed by atoms with E-state index in [1.54, 1.807) is 31.2 Å². The number of nitrogens with one attached hydrogen (secondary N) is 2. The number of hydrogen-bond acceptors (Lipinski definition) is 8. The minimum atomic E-state index is -0.385. The number of aromatic nitrogens is 3. The van der Waals surface area contributed by atoms with Crippen molar-refractivity contribution in [1.82, 2.24) is 15.0 Å². The molecule has 0 unspecified atom stereocenters. The molecule has 0 bridgehead atoms. The Labute approximate surface area is 156 Å². The first kappa shape index (κ1) is 18.1. The number of hydrogen-bond donors (Lipinski definition) is 3. The first-order valence-electron chi connectivity index (χ1n) is 8.42. The second-order valence-corrected chi connectivity index (χ2v) is 5.70. The zero-order valence-electron chi connectivity index (χ0n) is 15.1. The number of rotatable bonds is 6. The molecule has 0 spiro atoms. The number of pyridine rings is 1. The fourth-order valence-electron chi connectivity index (χ4n) is 2.40.